The summed E-state index contributed by atoms with van der Waals surface area (Å²) in [5, 5.41) is 15.7. The van der Waals surface area contributed by atoms with Crippen LogP contribution in [-0.2, 0) is 6.54 Å². The molecule has 1 fully saturated rings. The van der Waals surface area contributed by atoms with E-state index in [0.29, 0.717) is 31.9 Å². The zero-order valence-electron chi connectivity index (χ0n) is 18.6. The first kappa shape index (κ1) is 22.3. The van der Waals surface area contributed by atoms with Crippen molar-refractivity contribution in [3.05, 3.63) is 97.4 Å². The van der Waals surface area contributed by atoms with Gasteiger partial charge in [0.05, 0.1) is 4.92 Å². The molecule has 4 rings (SSSR count). The van der Waals surface area contributed by atoms with E-state index in [2.05, 4.69) is 35.1 Å². The first-order valence-electron chi connectivity index (χ1n) is 10.8. The number of amides is 1. The number of nitro benzene ring substituents is 1. The molecule has 1 amide bonds. The molecule has 2 aromatic carbocycles. The SMILES string of the molecule is Cc1cccc(CN2CCN(C(=O)c3nn(-c4ccccc4[N+](=O)[O-])c(C)cc3=O)CC2)c1. The van der Waals surface area contributed by atoms with E-state index in [-0.39, 0.29) is 17.1 Å². The van der Waals surface area contributed by atoms with Crippen molar-refractivity contribution in [2.45, 2.75) is 20.4 Å². The third-order valence-corrected chi connectivity index (χ3v) is 5.76. The number of piperazine rings is 1. The average Bonchev–Trinajstić information content (AvgIpc) is 2.79. The molecule has 3 aromatic rings. The van der Waals surface area contributed by atoms with Crippen LogP contribution in [0.5, 0.6) is 0 Å². The molecule has 0 aliphatic carbocycles. The van der Waals surface area contributed by atoms with Crippen LogP contribution < -0.4 is 5.43 Å². The van der Waals surface area contributed by atoms with E-state index in [0.717, 1.165) is 6.54 Å². The molecule has 170 valence electrons. The molecule has 2 heterocycles. The van der Waals surface area contributed by atoms with Crippen LogP contribution in [0, 0.1) is 24.0 Å². The standard InChI is InChI=1S/C24H25N5O4/c1-17-6-5-7-19(14-17)16-26-10-12-27(13-11-26)24(31)23-22(30)15-18(2)28(25-23)20-8-3-4-9-21(20)29(32)33/h3-9,14-15H,10-13,16H2,1-2H3. The molecule has 33 heavy (non-hydrogen) atoms. The van der Waals surface area contributed by atoms with Gasteiger partial charge in [-0.2, -0.15) is 5.10 Å². The topological polar surface area (TPSA) is 102 Å². The number of nitrogens with zero attached hydrogens (tertiary/aromatic N) is 5. The van der Waals surface area contributed by atoms with Gasteiger partial charge in [0.2, 0.25) is 5.43 Å². The van der Waals surface area contributed by atoms with Gasteiger partial charge in [0, 0.05) is 50.6 Å². The molecule has 1 aliphatic rings. The van der Waals surface area contributed by atoms with Crippen molar-refractivity contribution in [1.82, 2.24) is 19.6 Å². The predicted octanol–water partition coefficient (Wildman–Crippen LogP) is 2.72. The average molecular weight is 447 g/mol. The quantitative estimate of drug-likeness (QED) is 0.440. The Kier molecular flexibility index (Phi) is 6.32. The smallest absolute Gasteiger partial charge is 0.294 e. The van der Waals surface area contributed by atoms with Gasteiger partial charge in [0.25, 0.3) is 11.6 Å². The lowest BCUT2D eigenvalue weighted by Gasteiger charge is -2.34. The molecule has 0 N–H and O–H groups in total. The third-order valence-electron chi connectivity index (χ3n) is 5.76. The minimum Gasteiger partial charge on any atom is -0.335 e. The Bertz CT molecular complexity index is 1260. The third kappa shape index (κ3) is 4.83. The van der Waals surface area contributed by atoms with Crippen molar-refractivity contribution >= 4 is 11.6 Å². The van der Waals surface area contributed by atoms with Gasteiger partial charge in [0.1, 0.15) is 5.69 Å². The molecule has 0 unspecified atom stereocenters. The highest BCUT2D eigenvalue weighted by Crippen LogP contribution is 2.22. The Labute approximate surface area is 191 Å². The fourth-order valence-electron chi connectivity index (χ4n) is 4.06. The molecule has 0 bridgehead atoms. The number of carbonyl (C=O) groups is 1. The maximum absolute atomic E-state index is 13.1. The van der Waals surface area contributed by atoms with Gasteiger partial charge in [0.15, 0.2) is 5.69 Å². The van der Waals surface area contributed by atoms with E-state index in [9.17, 15) is 19.7 Å². The first-order chi connectivity index (χ1) is 15.8. The second-order valence-corrected chi connectivity index (χ2v) is 8.21. The number of hydrogen-bond donors (Lipinski definition) is 0. The molecule has 1 aromatic heterocycles. The Morgan fingerprint density at radius 1 is 1.03 bits per heavy atom. The summed E-state index contributed by atoms with van der Waals surface area (Å²) in [6, 6.07) is 15.7. The largest absolute Gasteiger partial charge is 0.335 e. The summed E-state index contributed by atoms with van der Waals surface area (Å²) >= 11 is 0. The lowest BCUT2D eigenvalue weighted by atomic mass is 10.1. The normalized spacial score (nSPS) is 14.3. The highest BCUT2D eigenvalue weighted by Gasteiger charge is 2.26. The summed E-state index contributed by atoms with van der Waals surface area (Å²) in [7, 11) is 0. The van der Waals surface area contributed by atoms with Gasteiger partial charge < -0.3 is 4.90 Å². The number of rotatable bonds is 5. The van der Waals surface area contributed by atoms with Gasteiger partial charge in [-0.1, -0.05) is 42.0 Å². The molecule has 0 saturated carbocycles. The minimum atomic E-state index is -0.510. The van der Waals surface area contributed by atoms with Crippen LogP contribution in [0.1, 0.15) is 27.3 Å². The van der Waals surface area contributed by atoms with Gasteiger partial charge in [-0.3, -0.25) is 24.6 Å². The molecule has 1 saturated heterocycles. The molecule has 0 atom stereocenters. The number of benzene rings is 2. The number of para-hydroxylation sites is 2. The molecule has 9 heteroatoms. The van der Waals surface area contributed by atoms with Crippen LogP contribution in [0.4, 0.5) is 5.69 Å². The molecular weight excluding hydrogens is 422 g/mol. The van der Waals surface area contributed by atoms with E-state index in [1.807, 2.05) is 6.07 Å². The van der Waals surface area contributed by atoms with E-state index in [1.54, 1.807) is 30.0 Å². The maximum Gasteiger partial charge on any atom is 0.294 e. The summed E-state index contributed by atoms with van der Waals surface area (Å²) in [6.07, 6.45) is 0. The monoisotopic (exact) mass is 447 g/mol. The van der Waals surface area contributed by atoms with Gasteiger partial charge >= 0.3 is 0 Å². The van der Waals surface area contributed by atoms with Crippen LogP contribution in [-0.4, -0.2) is 56.6 Å². The van der Waals surface area contributed by atoms with E-state index >= 15 is 0 Å². The van der Waals surface area contributed by atoms with Crippen molar-refractivity contribution in [2.75, 3.05) is 26.2 Å². The Hall–Kier alpha value is -3.85. The maximum atomic E-state index is 13.1. The van der Waals surface area contributed by atoms with Crippen LogP contribution in [0.15, 0.2) is 59.4 Å². The van der Waals surface area contributed by atoms with Gasteiger partial charge in [-0.25, -0.2) is 4.68 Å². The summed E-state index contributed by atoms with van der Waals surface area (Å²) in [6.45, 7) is 6.82. The van der Waals surface area contributed by atoms with Crippen LogP contribution in [0.2, 0.25) is 0 Å². The zero-order chi connectivity index (χ0) is 23.5. The Balaban J connectivity index is 1.53. The second-order valence-electron chi connectivity index (χ2n) is 8.21. The number of hydrogen-bond acceptors (Lipinski definition) is 6. The zero-order valence-corrected chi connectivity index (χ0v) is 18.6. The number of nitro groups is 1. The van der Waals surface area contributed by atoms with Crippen molar-refractivity contribution in [3.63, 3.8) is 0 Å². The summed E-state index contributed by atoms with van der Waals surface area (Å²) in [4.78, 5) is 40.6. The molecule has 0 spiro atoms. The van der Waals surface area contributed by atoms with E-state index in [1.165, 1.54) is 27.9 Å². The minimum absolute atomic E-state index is 0.153. The highest BCUT2D eigenvalue weighted by molar-refractivity contribution is 5.92. The van der Waals surface area contributed by atoms with Crippen molar-refractivity contribution in [1.29, 1.82) is 0 Å². The van der Waals surface area contributed by atoms with Crippen molar-refractivity contribution < 1.29 is 9.72 Å². The van der Waals surface area contributed by atoms with Gasteiger partial charge in [-0.05, 0) is 25.5 Å². The molecule has 1 aliphatic heterocycles. The molecular formula is C24H25N5O4. The van der Waals surface area contributed by atoms with Gasteiger partial charge in [-0.15, -0.1) is 0 Å². The Morgan fingerprint density at radius 3 is 2.45 bits per heavy atom. The number of aromatic nitrogens is 2. The van der Waals surface area contributed by atoms with Crippen molar-refractivity contribution in [2.24, 2.45) is 0 Å². The fourth-order valence-corrected chi connectivity index (χ4v) is 4.06. The lowest BCUT2D eigenvalue weighted by Crippen LogP contribution is -2.49. The summed E-state index contributed by atoms with van der Waals surface area (Å²) < 4.78 is 1.29. The Morgan fingerprint density at radius 2 is 1.76 bits per heavy atom. The molecule has 9 nitrogen and oxygen atoms in total. The lowest BCUT2D eigenvalue weighted by molar-refractivity contribution is -0.384. The summed E-state index contributed by atoms with van der Waals surface area (Å²) in [5.74, 6) is -0.456. The predicted molar refractivity (Wildman–Crippen MR) is 124 cm³/mol. The van der Waals surface area contributed by atoms with E-state index < -0.39 is 16.3 Å². The summed E-state index contributed by atoms with van der Waals surface area (Å²) in [5.41, 5.74) is 2.18. The van der Waals surface area contributed by atoms with Crippen LogP contribution in [0.25, 0.3) is 5.69 Å². The van der Waals surface area contributed by atoms with Crippen LogP contribution >= 0.6 is 0 Å². The van der Waals surface area contributed by atoms with Crippen molar-refractivity contribution in [3.8, 4) is 5.69 Å². The number of carbonyl (C=O) groups excluding carboxylic acids is 1. The first-order valence-corrected chi connectivity index (χ1v) is 10.8. The second kappa shape index (κ2) is 9.33. The fraction of sp³-hybridized carbons (Fsp3) is 0.292. The number of aryl methyl sites for hydroxylation is 2. The van der Waals surface area contributed by atoms with Crippen LogP contribution in [0.3, 0.4) is 0 Å². The highest BCUT2D eigenvalue weighted by atomic mass is 16.6. The molecule has 0 radical (unpaired) electrons. The van der Waals surface area contributed by atoms with E-state index in [4.69, 9.17) is 0 Å².